The van der Waals surface area contributed by atoms with Crippen molar-refractivity contribution in [2.75, 3.05) is 49.6 Å². The van der Waals surface area contributed by atoms with Gasteiger partial charge in [0.25, 0.3) is 0 Å². The first-order chi connectivity index (χ1) is 30.5. The van der Waals surface area contributed by atoms with Gasteiger partial charge >= 0.3 is 18.2 Å². The molecule has 1 aromatic heterocycles. The summed E-state index contributed by atoms with van der Waals surface area (Å²) >= 11 is 0. The van der Waals surface area contributed by atoms with Crippen molar-refractivity contribution in [1.82, 2.24) is 14.8 Å². The third kappa shape index (κ3) is 11.0. The highest BCUT2D eigenvalue weighted by Gasteiger charge is 2.30. The average Bonchev–Trinajstić information content (AvgIpc) is 3.81. The molecule has 2 aliphatic rings. The van der Waals surface area contributed by atoms with Crippen LogP contribution in [0.3, 0.4) is 0 Å². The van der Waals surface area contributed by atoms with Crippen molar-refractivity contribution >= 4 is 52.2 Å². The highest BCUT2D eigenvalue weighted by molar-refractivity contribution is 6.08. The first-order valence-electron chi connectivity index (χ1n) is 21.7. The molecule has 7 rings (SSSR count). The molecule has 1 fully saturated rings. The second-order valence-corrected chi connectivity index (χ2v) is 18.0. The first-order valence-corrected chi connectivity index (χ1v) is 21.7. The van der Waals surface area contributed by atoms with Crippen LogP contribution in [0.2, 0.25) is 0 Å². The van der Waals surface area contributed by atoms with E-state index in [0.717, 1.165) is 22.1 Å². The number of hydrogen-bond donors (Lipinski definition) is 2. The minimum Gasteiger partial charge on any atom is -0.455 e. The predicted octanol–water partition coefficient (Wildman–Crippen LogP) is 8.63. The summed E-state index contributed by atoms with van der Waals surface area (Å²) < 4.78 is 23.7. The number of nitrogens with zero attached hydrogens (tertiary/aromatic N) is 3. The van der Waals surface area contributed by atoms with Crippen LogP contribution in [0.4, 0.5) is 21.0 Å². The number of anilines is 2. The molecule has 0 radical (unpaired) electrons. The largest absolute Gasteiger partial charge is 0.455 e. The van der Waals surface area contributed by atoms with Crippen LogP contribution in [0, 0.1) is 0 Å². The van der Waals surface area contributed by atoms with E-state index in [-0.39, 0.29) is 31.2 Å². The summed E-state index contributed by atoms with van der Waals surface area (Å²) in [5.41, 5.74) is 5.79. The maximum Gasteiger partial charge on any atom is 0.419 e. The number of alkyl carbamates (subject to hydrolysis) is 1. The molecule has 4 aromatic carbocycles. The van der Waals surface area contributed by atoms with Crippen molar-refractivity contribution in [2.45, 2.75) is 85.2 Å². The van der Waals surface area contributed by atoms with Gasteiger partial charge in [-0.25, -0.2) is 19.0 Å². The normalized spacial score (nSPS) is 14.4. The Hall–Kier alpha value is -6.51. The number of hydrogen-bond acceptors (Lipinski definition) is 10. The Morgan fingerprint density at radius 3 is 2.25 bits per heavy atom. The number of ether oxygens (including phenoxy) is 4. The van der Waals surface area contributed by atoms with Gasteiger partial charge in [-0.15, -0.1) is 0 Å². The number of esters is 1. The molecule has 1 saturated heterocycles. The molecular formula is C50H57N5O9. The van der Waals surface area contributed by atoms with Crippen molar-refractivity contribution in [3.63, 3.8) is 0 Å². The number of carbonyl (C=O) groups is 5. The Morgan fingerprint density at radius 2 is 1.53 bits per heavy atom. The van der Waals surface area contributed by atoms with Crippen molar-refractivity contribution in [3.05, 3.63) is 119 Å². The third-order valence-electron chi connectivity index (χ3n) is 10.9. The fourth-order valence-corrected chi connectivity index (χ4v) is 7.99. The van der Waals surface area contributed by atoms with Crippen molar-refractivity contribution in [2.24, 2.45) is 0 Å². The molecule has 64 heavy (non-hydrogen) atoms. The monoisotopic (exact) mass is 871 g/mol. The van der Waals surface area contributed by atoms with Gasteiger partial charge < -0.3 is 34.5 Å². The van der Waals surface area contributed by atoms with E-state index in [1.807, 2.05) is 37.3 Å². The van der Waals surface area contributed by atoms with Crippen LogP contribution in [-0.4, -0.2) is 90.0 Å². The quantitative estimate of drug-likeness (QED) is 0.0654. The van der Waals surface area contributed by atoms with E-state index in [1.165, 1.54) is 22.8 Å². The SMILES string of the molecule is CCOCCN1CCN(c2ccc([C@H](CC(=O)Nc3cccc4c3cc(C(=O)OC(C)(C)C)n4C(=O)OC(C)(C)C)NC(=O)OCc3ccc4c(c3)Cc3ccccc3-4)cc2)C(=O)C1. The van der Waals surface area contributed by atoms with Crippen LogP contribution < -0.4 is 15.5 Å². The number of carbonyl (C=O) groups excluding carboxylic acids is 5. The van der Waals surface area contributed by atoms with E-state index in [0.29, 0.717) is 60.7 Å². The molecule has 1 aliphatic carbocycles. The standard InChI is InChI=1S/C50H57N5O9/c1-8-61-25-24-53-22-23-54(45(57)30-53)36-19-17-33(18-20-36)41(52-47(59)62-31-32-16-21-38-35(26-32)27-34-12-9-10-13-37(34)38)29-44(56)51-40-14-11-15-42-39(40)28-43(46(58)63-49(2,3)4)55(42)48(60)64-50(5,6)7/h9-21,26,28,41H,8,22-25,27,29-31H2,1-7H3,(H,51,56)(H,52,59)/t41-/m0/s1. The lowest BCUT2D eigenvalue weighted by Gasteiger charge is -2.34. The van der Waals surface area contributed by atoms with Gasteiger partial charge in [-0.2, -0.15) is 0 Å². The fourth-order valence-electron chi connectivity index (χ4n) is 7.99. The lowest BCUT2D eigenvalue weighted by atomic mass is 10.0. The number of benzene rings is 4. The first kappa shape index (κ1) is 45.5. The van der Waals surface area contributed by atoms with Gasteiger partial charge in [-0.3, -0.25) is 14.5 Å². The molecule has 14 nitrogen and oxygen atoms in total. The number of aromatic nitrogens is 1. The Labute approximate surface area is 373 Å². The third-order valence-corrected chi connectivity index (χ3v) is 10.9. The topological polar surface area (TPSA) is 158 Å². The summed E-state index contributed by atoms with van der Waals surface area (Å²) in [5.74, 6) is -1.25. The summed E-state index contributed by atoms with van der Waals surface area (Å²) in [5, 5.41) is 6.24. The molecule has 5 aromatic rings. The fraction of sp³-hybridized carbons (Fsp3) is 0.380. The van der Waals surface area contributed by atoms with Crippen molar-refractivity contribution in [3.8, 4) is 11.1 Å². The molecule has 1 aliphatic heterocycles. The molecule has 0 bridgehead atoms. The zero-order valence-corrected chi connectivity index (χ0v) is 37.6. The lowest BCUT2D eigenvalue weighted by Crippen LogP contribution is -2.51. The summed E-state index contributed by atoms with van der Waals surface area (Å²) in [6, 6.07) is 27.1. The van der Waals surface area contributed by atoms with Crippen LogP contribution in [0.25, 0.3) is 22.0 Å². The highest BCUT2D eigenvalue weighted by atomic mass is 16.6. The summed E-state index contributed by atoms with van der Waals surface area (Å²) in [4.78, 5) is 71.7. The number of piperazine rings is 1. The zero-order chi connectivity index (χ0) is 45.8. The van der Waals surface area contributed by atoms with Crippen LogP contribution >= 0.6 is 0 Å². The minimum atomic E-state index is -0.867. The minimum absolute atomic E-state index is 0.0165. The van der Waals surface area contributed by atoms with Crippen LogP contribution in [0.5, 0.6) is 0 Å². The maximum atomic E-state index is 14.1. The van der Waals surface area contributed by atoms with E-state index in [9.17, 15) is 24.0 Å². The lowest BCUT2D eigenvalue weighted by molar-refractivity contribution is -0.121. The van der Waals surface area contributed by atoms with Crippen molar-refractivity contribution in [1.29, 1.82) is 0 Å². The summed E-state index contributed by atoms with van der Waals surface area (Å²) in [7, 11) is 0. The molecule has 0 saturated carbocycles. The number of fused-ring (bicyclic) bond motifs is 4. The van der Waals surface area contributed by atoms with Gasteiger partial charge in [-0.1, -0.05) is 60.7 Å². The second-order valence-electron chi connectivity index (χ2n) is 18.0. The highest BCUT2D eigenvalue weighted by Crippen LogP contribution is 2.37. The Balaban J connectivity index is 1.11. The predicted molar refractivity (Wildman–Crippen MR) is 244 cm³/mol. The summed E-state index contributed by atoms with van der Waals surface area (Å²) in [6.07, 6.45) is -0.920. The number of rotatable bonds is 13. The van der Waals surface area contributed by atoms with Gasteiger partial charge in [0.1, 0.15) is 23.5 Å². The van der Waals surface area contributed by atoms with Crippen LogP contribution in [0.15, 0.2) is 91.0 Å². The van der Waals surface area contributed by atoms with E-state index < -0.39 is 41.3 Å². The Morgan fingerprint density at radius 1 is 0.797 bits per heavy atom. The van der Waals surface area contributed by atoms with Gasteiger partial charge in [-0.05, 0) is 119 Å². The van der Waals surface area contributed by atoms with Gasteiger partial charge in [0.15, 0.2) is 0 Å². The molecule has 14 heteroatoms. The molecule has 2 N–H and O–H groups in total. The van der Waals surface area contributed by atoms with Gasteiger partial charge in [0.2, 0.25) is 11.8 Å². The molecule has 2 heterocycles. The molecule has 0 spiro atoms. The molecular weight excluding hydrogens is 815 g/mol. The van der Waals surface area contributed by atoms with Gasteiger partial charge in [0, 0.05) is 37.3 Å². The van der Waals surface area contributed by atoms with Crippen LogP contribution in [0.1, 0.15) is 93.7 Å². The van der Waals surface area contributed by atoms with E-state index in [2.05, 4.69) is 39.8 Å². The molecule has 1 atom stereocenters. The average molecular weight is 872 g/mol. The van der Waals surface area contributed by atoms with E-state index in [1.54, 1.807) is 76.8 Å². The van der Waals surface area contributed by atoms with E-state index >= 15 is 0 Å². The Kier molecular flexibility index (Phi) is 13.6. The molecule has 3 amide bonds. The molecule has 336 valence electrons. The smallest absolute Gasteiger partial charge is 0.419 e. The van der Waals surface area contributed by atoms with Gasteiger partial charge in [0.05, 0.1) is 36.8 Å². The van der Waals surface area contributed by atoms with E-state index in [4.69, 9.17) is 18.9 Å². The summed E-state index contributed by atoms with van der Waals surface area (Å²) in [6.45, 7) is 15.6. The van der Waals surface area contributed by atoms with Crippen molar-refractivity contribution < 1.29 is 42.9 Å². The number of amides is 3. The number of nitrogens with one attached hydrogen (secondary N) is 2. The second kappa shape index (κ2) is 19.1. The molecule has 0 unspecified atom stereocenters. The Bertz CT molecular complexity index is 2550. The zero-order valence-electron chi connectivity index (χ0n) is 37.6. The maximum absolute atomic E-state index is 14.1. The van der Waals surface area contributed by atoms with Crippen LogP contribution in [-0.2, 0) is 41.6 Å².